The summed E-state index contributed by atoms with van der Waals surface area (Å²) < 4.78 is 32.3. The summed E-state index contributed by atoms with van der Waals surface area (Å²) in [6, 6.07) is 0. The van der Waals surface area contributed by atoms with Crippen LogP contribution >= 0.6 is 7.82 Å². The van der Waals surface area contributed by atoms with Crippen molar-refractivity contribution in [3.63, 3.8) is 0 Å². The first-order chi connectivity index (χ1) is 19.7. The van der Waals surface area contributed by atoms with Gasteiger partial charge in [-0.25, -0.2) is 4.57 Å². The van der Waals surface area contributed by atoms with Gasteiger partial charge < -0.3 is 37.9 Å². The van der Waals surface area contributed by atoms with Crippen LogP contribution in [0, 0.1) is 13.3 Å². The van der Waals surface area contributed by atoms with E-state index in [9.17, 15) is 24.2 Å². The molecule has 11 heteroatoms. The molecule has 0 aromatic rings. The molecule has 0 aromatic heterocycles. The van der Waals surface area contributed by atoms with Crippen molar-refractivity contribution in [2.45, 2.75) is 141 Å². The SMILES string of the molecule is [CH2-]CCC[CH-]CCCCCCCC(=O)O[C@H](COC(=O)CCCCCCCCCC)COP(=O)(O)OC[C@H](O)CO. The van der Waals surface area contributed by atoms with Crippen molar-refractivity contribution in [1.29, 1.82) is 0 Å². The lowest BCUT2D eigenvalue weighted by molar-refractivity contribution is -0.161. The molecule has 0 rings (SSSR count). The lowest BCUT2D eigenvalue weighted by Crippen LogP contribution is -2.29. The molecule has 0 aliphatic heterocycles. The van der Waals surface area contributed by atoms with Gasteiger partial charge in [0.15, 0.2) is 6.10 Å². The first kappa shape index (κ1) is 40.0. The molecule has 0 bridgehead atoms. The number of carbonyl (C=O) groups is 2. The Bertz CT molecular complexity index is 676. The molecule has 0 spiro atoms. The average Bonchev–Trinajstić information content (AvgIpc) is 2.95. The molecule has 41 heavy (non-hydrogen) atoms. The molecule has 0 saturated carbocycles. The summed E-state index contributed by atoms with van der Waals surface area (Å²) in [6.07, 6.45) is 18.1. The average molecular weight is 609 g/mol. The number of ether oxygens (including phenoxy) is 2. The van der Waals surface area contributed by atoms with Gasteiger partial charge in [-0.15, -0.1) is 6.42 Å². The van der Waals surface area contributed by atoms with E-state index in [1.54, 1.807) is 0 Å². The minimum atomic E-state index is -4.59. The molecule has 0 aliphatic carbocycles. The van der Waals surface area contributed by atoms with Gasteiger partial charge >= 0.3 is 19.8 Å². The second-order valence-corrected chi connectivity index (χ2v) is 12.0. The Morgan fingerprint density at radius 3 is 1.93 bits per heavy atom. The summed E-state index contributed by atoms with van der Waals surface area (Å²) in [6.45, 7) is 3.90. The standard InChI is InChI=1S/C30H57O10P/c1-3-5-7-9-11-13-14-16-18-20-22-30(34)40-28(26-39-41(35,36)38-24-27(32)23-31)25-37-29(33)21-19-17-15-12-10-8-6-4-2/h9,27-28,31-32H,1,3-8,10-26H2,2H3,(H,35,36)/q-2/t27-,28-/m1/s1. The zero-order valence-electron chi connectivity index (χ0n) is 25.3. The summed E-state index contributed by atoms with van der Waals surface area (Å²) in [5.41, 5.74) is 0. The van der Waals surface area contributed by atoms with Gasteiger partial charge in [0.1, 0.15) is 12.7 Å². The Hall–Kier alpha value is -1.03. The van der Waals surface area contributed by atoms with Gasteiger partial charge in [-0.1, -0.05) is 77.6 Å². The van der Waals surface area contributed by atoms with Crippen LogP contribution in [0.2, 0.25) is 0 Å². The van der Waals surface area contributed by atoms with E-state index >= 15 is 0 Å². The highest BCUT2D eigenvalue weighted by Gasteiger charge is 2.27. The van der Waals surface area contributed by atoms with E-state index < -0.39 is 51.8 Å². The van der Waals surface area contributed by atoms with E-state index in [0.29, 0.717) is 12.8 Å². The highest BCUT2D eigenvalue weighted by molar-refractivity contribution is 7.47. The Labute approximate surface area is 248 Å². The van der Waals surface area contributed by atoms with Gasteiger partial charge in [0, 0.05) is 12.8 Å². The number of carbonyl (C=O) groups excluding carboxylic acids is 2. The van der Waals surface area contributed by atoms with Crippen molar-refractivity contribution in [2.75, 3.05) is 26.4 Å². The first-order valence-corrected chi connectivity index (χ1v) is 17.1. The summed E-state index contributed by atoms with van der Waals surface area (Å²) in [7, 11) is -4.59. The Morgan fingerprint density at radius 1 is 0.780 bits per heavy atom. The lowest BCUT2D eigenvalue weighted by Gasteiger charge is -2.20. The third-order valence-corrected chi connectivity index (χ3v) is 7.43. The van der Waals surface area contributed by atoms with Crippen LogP contribution in [0.3, 0.4) is 0 Å². The van der Waals surface area contributed by atoms with Gasteiger partial charge in [0.2, 0.25) is 0 Å². The summed E-state index contributed by atoms with van der Waals surface area (Å²) in [5.74, 6) is -0.946. The predicted molar refractivity (Wildman–Crippen MR) is 159 cm³/mol. The lowest BCUT2D eigenvalue weighted by atomic mass is 10.1. The maximum atomic E-state index is 12.4. The van der Waals surface area contributed by atoms with Crippen LogP contribution in [-0.2, 0) is 32.7 Å². The fourth-order valence-electron chi connectivity index (χ4n) is 3.99. The highest BCUT2D eigenvalue weighted by atomic mass is 31.2. The minimum Gasteiger partial charge on any atom is -0.462 e. The smallest absolute Gasteiger partial charge is 0.462 e. The molecule has 0 heterocycles. The molecule has 0 radical (unpaired) electrons. The Kier molecular flexibility index (Phi) is 27.1. The largest absolute Gasteiger partial charge is 0.472 e. The van der Waals surface area contributed by atoms with Crippen LogP contribution in [0.4, 0.5) is 0 Å². The summed E-state index contributed by atoms with van der Waals surface area (Å²) in [5, 5.41) is 18.1. The van der Waals surface area contributed by atoms with Crippen LogP contribution in [-0.4, -0.2) is 65.7 Å². The van der Waals surface area contributed by atoms with Crippen LogP contribution < -0.4 is 0 Å². The third-order valence-electron chi connectivity index (χ3n) is 6.47. The van der Waals surface area contributed by atoms with Crippen LogP contribution in [0.5, 0.6) is 0 Å². The summed E-state index contributed by atoms with van der Waals surface area (Å²) >= 11 is 0. The number of rotatable bonds is 30. The molecule has 0 aliphatic rings. The molecule has 0 amide bonds. The van der Waals surface area contributed by atoms with Gasteiger partial charge in [0.05, 0.1) is 19.8 Å². The van der Waals surface area contributed by atoms with Gasteiger partial charge in [-0.3, -0.25) is 18.6 Å². The van der Waals surface area contributed by atoms with Gasteiger partial charge in [-0.2, -0.15) is 19.3 Å². The maximum absolute atomic E-state index is 12.4. The number of aliphatic hydroxyl groups is 2. The number of hydrogen-bond donors (Lipinski definition) is 3. The maximum Gasteiger partial charge on any atom is 0.472 e. The topological polar surface area (TPSA) is 149 Å². The Balaban J connectivity index is 4.46. The number of unbranched alkanes of at least 4 members (excludes halogenated alkanes) is 16. The van der Waals surface area contributed by atoms with Crippen molar-refractivity contribution >= 4 is 19.8 Å². The van der Waals surface area contributed by atoms with Crippen molar-refractivity contribution in [1.82, 2.24) is 0 Å². The fourth-order valence-corrected chi connectivity index (χ4v) is 4.78. The Morgan fingerprint density at radius 2 is 1.32 bits per heavy atom. The molecule has 0 saturated heterocycles. The second-order valence-electron chi connectivity index (χ2n) is 10.5. The molecule has 244 valence electrons. The summed E-state index contributed by atoms with van der Waals surface area (Å²) in [4.78, 5) is 34.4. The zero-order chi connectivity index (χ0) is 30.6. The second kappa shape index (κ2) is 27.8. The number of phosphoric acid groups is 1. The molecule has 1 unspecified atom stereocenters. The zero-order valence-corrected chi connectivity index (χ0v) is 26.2. The van der Waals surface area contributed by atoms with Crippen molar-refractivity contribution in [3.05, 3.63) is 13.3 Å². The minimum absolute atomic E-state index is 0.175. The van der Waals surface area contributed by atoms with Crippen LogP contribution in [0.25, 0.3) is 0 Å². The molecule has 0 aromatic carbocycles. The van der Waals surface area contributed by atoms with Crippen LogP contribution in [0.15, 0.2) is 0 Å². The van der Waals surface area contributed by atoms with E-state index in [1.807, 2.05) is 0 Å². The van der Waals surface area contributed by atoms with Crippen molar-refractivity contribution < 1.29 is 47.8 Å². The molecule has 3 N–H and O–H groups in total. The van der Waals surface area contributed by atoms with Crippen molar-refractivity contribution in [3.8, 4) is 0 Å². The van der Waals surface area contributed by atoms with E-state index in [0.717, 1.165) is 70.6 Å². The van der Waals surface area contributed by atoms with E-state index in [-0.39, 0.29) is 19.4 Å². The third kappa shape index (κ3) is 27.5. The number of esters is 2. The van der Waals surface area contributed by atoms with E-state index in [4.69, 9.17) is 19.1 Å². The monoisotopic (exact) mass is 608 g/mol. The number of phosphoric ester groups is 1. The van der Waals surface area contributed by atoms with E-state index in [1.165, 1.54) is 25.7 Å². The quantitative estimate of drug-likeness (QED) is 0.0362. The van der Waals surface area contributed by atoms with Crippen LogP contribution in [0.1, 0.15) is 129 Å². The van der Waals surface area contributed by atoms with Gasteiger partial charge in [-0.05, 0) is 12.8 Å². The molecular formula is C30H57O10P-2. The van der Waals surface area contributed by atoms with E-state index in [2.05, 4.69) is 24.8 Å². The molecule has 3 atom stereocenters. The number of hydrogen-bond acceptors (Lipinski definition) is 9. The predicted octanol–water partition coefficient (Wildman–Crippen LogP) is 6.40. The first-order valence-electron chi connectivity index (χ1n) is 15.6. The van der Waals surface area contributed by atoms with Gasteiger partial charge in [0.25, 0.3) is 0 Å². The normalized spacial score (nSPS) is 14.4. The number of aliphatic hydroxyl groups excluding tert-OH is 2. The molecule has 0 fully saturated rings. The van der Waals surface area contributed by atoms with Crippen molar-refractivity contribution in [2.24, 2.45) is 0 Å². The molecule has 10 nitrogen and oxygen atoms in total. The molecular weight excluding hydrogens is 551 g/mol. The fraction of sp³-hybridized carbons (Fsp3) is 0.867. The highest BCUT2D eigenvalue weighted by Crippen LogP contribution is 2.43.